The number of carbonyl (C=O) groups is 1. The SMILES string of the molecule is COc1cccc(C2C3=C(CCCC3=O)Nc3nc(SC)[nH]c(=O)c32)c1OC. The number of Topliss-reactive ketones (excluding diaryl/α,β-unsaturated/α-hetero) is 1. The number of allylic oxidation sites excluding steroid dienone is 2. The van der Waals surface area contributed by atoms with E-state index in [0.29, 0.717) is 40.0 Å². The van der Waals surface area contributed by atoms with Gasteiger partial charge in [-0.2, -0.15) is 0 Å². The van der Waals surface area contributed by atoms with Crippen LogP contribution in [0.15, 0.2) is 39.4 Å². The number of fused-ring (bicyclic) bond motifs is 1. The van der Waals surface area contributed by atoms with Crippen molar-refractivity contribution in [2.24, 2.45) is 0 Å². The quantitative estimate of drug-likeness (QED) is 0.603. The van der Waals surface area contributed by atoms with E-state index in [-0.39, 0.29) is 11.3 Å². The second-order valence-electron chi connectivity index (χ2n) is 6.65. The number of hydrogen-bond acceptors (Lipinski definition) is 7. The minimum atomic E-state index is -0.559. The summed E-state index contributed by atoms with van der Waals surface area (Å²) >= 11 is 1.36. The molecule has 2 aromatic rings. The van der Waals surface area contributed by atoms with Crippen molar-refractivity contribution in [2.75, 3.05) is 25.8 Å². The Morgan fingerprint density at radius 1 is 1.18 bits per heavy atom. The zero-order chi connectivity index (χ0) is 19.8. The molecule has 1 aromatic carbocycles. The molecule has 2 N–H and O–H groups in total. The fraction of sp³-hybridized carbons (Fsp3) is 0.350. The highest BCUT2D eigenvalue weighted by atomic mass is 32.2. The number of aromatic nitrogens is 2. The van der Waals surface area contributed by atoms with E-state index in [1.165, 1.54) is 11.8 Å². The lowest BCUT2D eigenvalue weighted by Crippen LogP contribution is -2.32. The van der Waals surface area contributed by atoms with Crippen molar-refractivity contribution in [2.45, 2.75) is 30.3 Å². The Labute approximate surface area is 166 Å². The standard InChI is InChI=1S/C20H21N3O4S/c1-26-13-9-4-6-10(17(13)27-2)14-15-11(7-5-8-12(15)24)21-18-16(14)19(25)23-20(22-18)28-3/h4,6,9,14H,5,7-8H2,1-3H3,(H2,21,22,23,25). The van der Waals surface area contributed by atoms with Gasteiger partial charge in [-0.15, -0.1) is 0 Å². The van der Waals surface area contributed by atoms with Crippen LogP contribution in [0.1, 0.15) is 36.3 Å². The van der Waals surface area contributed by atoms with E-state index >= 15 is 0 Å². The number of rotatable bonds is 4. The number of methoxy groups -OCH3 is 2. The summed E-state index contributed by atoms with van der Waals surface area (Å²) < 4.78 is 11.1. The van der Waals surface area contributed by atoms with Gasteiger partial charge in [-0.1, -0.05) is 23.9 Å². The predicted octanol–water partition coefficient (Wildman–Crippen LogP) is 3.07. The molecule has 1 atom stereocenters. The van der Waals surface area contributed by atoms with E-state index < -0.39 is 5.92 Å². The van der Waals surface area contributed by atoms with E-state index in [1.807, 2.05) is 18.4 Å². The largest absolute Gasteiger partial charge is 0.493 e. The number of carbonyl (C=O) groups excluding carboxylic acids is 1. The Kier molecular flexibility index (Phi) is 4.89. The Hall–Kier alpha value is -2.74. The molecule has 1 aliphatic heterocycles. The third-order valence-corrected chi connectivity index (χ3v) is 5.75. The fourth-order valence-corrected chi connectivity index (χ4v) is 4.36. The molecule has 0 radical (unpaired) electrons. The van der Waals surface area contributed by atoms with E-state index in [4.69, 9.17) is 9.47 Å². The van der Waals surface area contributed by atoms with Gasteiger partial charge in [-0.25, -0.2) is 4.98 Å². The molecule has 146 valence electrons. The molecule has 2 aliphatic rings. The van der Waals surface area contributed by atoms with Gasteiger partial charge >= 0.3 is 0 Å². The van der Waals surface area contributed by atoms with Gasteiger partial charge in [-0.05, 0) is 25.2 Å². The van der Waals surface area contributed by atoms with Crippen LogP contribution < -0.4 is 20.3 Å². The van der Waals surface area contributed by atoms with Crippen LogP contribution in [0.25, 0.3) is 0 Å². The van der Waals surface area contributed by atoms with Crippen LogP contribution >= 0.6 is 11.8 Å². The lowest BCUT2D eigenvalue weighted by molar-refractivity contribution is -0.116. The van der Waals surface area contributed by atoms with Crippen molar-refractivity contribution in [3.05, 3.63) is 50.9 Å². The third kappa shape index (κ3) is 2.88. The van der Waals surface area contributed by atoms with Gasteiger partial charge in [0.25, 0.3) is 5.56 Å². The minimum absolute atomic E-state index is 0.0441. The second kappa shape index (κ2) is 7.35. The molecule has 1 aliphatic carbocycles. The predicted molar refractivity (Wildman–Crippen MR) is 108 cm³/mol. The molecule has 1 aromatic heterocycles. The molecule has 2 heterocycles. The smallest absolute Gasteiger partial charge is 0.257 e. The Morgan fingerprint density at radius 2 is 2.00 bits per heavy atom. The first-order valence-corrected chi connectivity index (χ1v) is 10.2. The Bertz CT molecular complexity index is 1040. The first-order valence-electron chi connectivity index (χ1n) is 9.01. The van der Waals surface area contributed by atoms with Crippen molar-refractivity contribution in [3.8, 4) is 11.5 Å². The lowest BCUT2D eigenvalue weighted by atomic mass is 9.76. The number of H-pyrrole nitrogens is 1. The number of ketones is 1. The van der Waals surface area contributed by atoms with Gasteiger partial charge in [0, 0.05) is 23.3 Å². The number of thioether (sulfide) groups is 1. The summed E-state index contributed by atoms with van der Waals surface area (Å²) in [5.41, 5.74) is 2.34. The van der Waals surface area contributed by atoms with Crippen molar-refractivity contribution in [3.63, 3.8) is 0 Å². The lowest BCUT2D eigenvalue weighted by Gasteiger charge is -2.33. The van der Waals surface area contributed by atoms with E-state index in [0.717, 1.165) is 24.1 Å². The number of ether oxygens (including phenoxy) is 2. The summed E-state index contributed by atoms with van der Waals surface area (Å²) in [7, 11) is 3.12. The van der Waals surface area contributed by atoms with Crippen LogP contribution in [0.3, 0.4) is 0 Å². The maximum absolute atomic E-state index is 13.0. The Balaban J connectivity index is 2.03. The number of nitrogens with zero attached hydrogens (tertiary/aromatic N) is 1. The molecule has 1 unspecified atom stereocenters. The maximum atomic E-state index is 13.0. The third-order valence-electron chi connectivity index (χ3n) is 5.17. The zero-order valence-electron chi connectivity index (χ0n) is 15.9. The monoisotopic (exact) mass is 399 g/mol. The number of aromatic amines is 1. The number of nitrogens with one attached hydrogen (secondary N) is 2. The van der Waals surface area contributed by atoms with Gasteiger partial charge in [0.2, 0.25) is 0 Å². The van der Waals surface area contributed by atoms with Crippen molar-refractivity contribution in [1.82, 2.24) is 9.97 Å². The van der Waals surface area contributed by atoms with Crippen LogP contribution in [0.5, 0.6) is 11.5 Å². The molecule has 0 bridgehead atoms. The average molecular weight is 399 g/mol. The number of hydrogen-bond donors (Lipinski definition) is 2. The van der Waals surface area contributed by atoms with Gasteiger partial charge in [0.1, 0.15) is 5.82 Å². The topological polar surface area (TPSA) is 93.3 Å². The van der Waals surface area contributed by atoms with Crippen LogP contribution in [-0.2, 0) is 4.79 Å². The molecular formula is C20H21N3O4S. The fourth-order valence-electron chi connectivity index (χ4n) is 3.99. The summed E-state index contributed by atoms with van der Waals surface area (Å²) in [5.74, 6) is 1.05. The number of benzene rings is 1. The average Bonchev–Trinajstić information content (AvgIpc) is 2.71. The summed E-state index contributed by atoms with van der Waals surface area (Å²) in [5, 5.41) is 3.78. The van der Waals surface area contributed by atoms with E-state index in [9.17, 15) is 9.59 Å². The normalized spacial score (nSPS) is 18.2. The van der Waals surface area contributed by atoms with Crippen LogP contribution in [0, 0.1) is 0 Å². The molecule has 0 amide bonds. The second-order valence-corrected chi connectivity index (χ2v) is 7.44. The minimum Gasteiger partial charge on any atom is -0.493 e. The number of anilines is 1. The van der Waals surface area contributed by atoms with E-state index in [1.54, 1.807) is 20.3 Å². The summed E-state index contributed by atoms with van der Waals surface area (Å²) in [6.45, 7) is 0. The number of para-hydroxylation sites is 1. The molecule has 8 heteroatoms. The molecule has 28 heavy (non-hydrogen) atoms. The zero-order valence-corrected chi connectivity index (χ0v) is 16.7. The maximum Gasteiger partial charge on any atom is 0.257 e. The van der Waals surface area contributed by atoms with Gasteiger partial charge in [0.15, 0.2) is 22.4 Å². The first-order chi connectivity index (χ1) is 13.6. The first kappa shape index (κ1) is 18.6. The van der Waals surface area contributed by atoms with Crippen molar-refractivity contribution < 1.29 is 14.3 Å². The van der Waals surface area contributed by atoms with Crippen molar-refractivity contribution in [1.29, 1.82) is 0 Å². The highest BCUT2D eigenvalue weighted by Gasteiger charge is 2.39. The highest BCUT2D eigenvalue weighted by molar-refractivity contribution is 7.98. The van der Waals surface area contributed by atoms with Crippen LogP contribution in [-0.4, -0.2) is 36.2 Å². The molecule has 0 saturated heterocycles. The van der Waals surface area contributed by atoms with Gasteiger partial charge in [-0.3, -0.25) is 9.59 Å². The molecular weight excluding hydrogens is 378 g/mol. The molecule has 0 saturated carbocycles. The molecule has 0 spiro atoms. The molecule has 7 nitrogen and oxygen atoms in total. The van der Waals surface area contributed by atoms with Gasteiger partial charge < -0.3 is 19.8 Å². The van der Waals surface area contributed by atoms with Gasteiger partial charge in [0.05, 0.1) is 25.7 Å². The van der Waals surface area contributed by atoms with Crippen molar-refractivity contribution >= 4 is 23.4 Å². The van der Waals surface area contributed by atoms with Crippen LogP contribution in [0.4, 0.5) is 5.82 Å². The molecule has 4 rings (SSSR count). The highest BCUT2D eigenvalue weighted by Crippen LogP contribution is 2.47. The van der Waals surface area contributed by atoms with E-state index in [2.05, 4.69) is 15.3 Å². The summed E-state index contributed by atoms with van der Waals surface area (Å²) in [6.07, 6.45) is 3.84. The molecule has 0 fully saturated rings. The Morgan fingerprint density at radius 3 is 2.71 bits per heavy atom. The summed E-state index contributed by atoms with van der Waals surface area (Å²) in [4.78, 5) is 33.3. The van der Waals surface area contributed by atoms with Crippen LogP contribution in [0.2, 0.25) is 0 Å². The summed E-state index contributed by atoms with van der Waals surface area (Å²) in [6, 6.07) is 5.50.